The van der Waals surface area contributed by atoms with E-state index in [0.29, 0.717) is 13.1 Å². The summed E-state index contributed by atoms with van der Waals surface area (Å²) in [6.07, 6.45) is 0.232. The summed E-state index contributed by atoms with van der Waals surface area (Å²) in [7, 11) is 0. The number of aromatic nitrogens is 2. The molecule has 4 aromatic carbocycles. The molecule has 0 unspecified atom stereocenters. The first-order chi connectivity index (χ1) is 22.7. The lowest BCUT2D eigenvalue weighted by molar-refractivity contribution is -0.111. The minimum absolute atomic E-state index is 0.00799. The number of nitrogens with one attached hydrogen (secondary N) is 1. The number of rotatable bonds is 5. The first-order valence-electron chi connectivity index (χ1n) is 15.9. The van der Waals surface area contributed by atoms with Gasteiger partial charge in [-0.25, -0.2) is 4.79 Å². The number of carbonyl (C=O) groups excluding carboxylic acids is 2. The normalized spacial score (nSPS) is 19.7. The summed E-state index contributed by atoms with van der Waals surface area (Å²) in [5.74, 6) is 0.00799. The number of nitrogens with zero attached hydrogens (tertiary/aromatic N) is 2. The third-order valence-electron chi connectivity index (χ3n) is 8.95. The van der Waals surface area contributed by atoms with Crippen LogP contribution in [0.5, 0.6) is 0 Å². The van der Waals surface area contributed by atoms with Gasteiger partial charge in [0.05, 0.1) is 22.1 Å². The number of fused-ring (bicyclic) bond motifs is 10. The van der Waals surface area contributed by atoms with Crippen LogP contribution >= 0.6 is 0 Å². The zero-order valence-corrected chi connectivity index (χ0v) is 26.4. The molecule has 0 saturated carbocycles. The Morgan fingerprint density at radius 3 is 2.47 bits per heavy atom. The van der Waals surface area contributed by atoms with Gasteiger partial charge in [0.1, 0.15) is 24.4 Å². The molecule has 2 aliphatic heterocycles. The first kappa shape index (κ1) is 29.3. The average Bonchev–Trinajstić information content (AvgIpc) is 3.70. The maximum absolute atomic E-state index is 14.3. The average molecular weight is 630 g/mol. The van der Waals surface area contributed by atoms with E-state index in [0.717, 1.165) is 60.3 Å². The van der Waals surface area contributed by atoms with Gasteiger partial charge in [0.25, 0.3) is 5.91 Å². The number of amides is 1. The molecule has 0 aliphatic carbocycles. The molecule has 0 fully saturated rings. The van der Waals surface area contributed by atoms with Gasteiger partial charge in [0.2, 0.25) is 0 Å². The molecule has 2 aliphatic rings. The van der Waals surface area contributed by atoms with E-state index < -0.39 is 30.2 Å². The summed E-state index contributed by atoms with van der Waals surface area (Å²) in [6, 6.07) is 26.2. The zero-order chi connectivity index (χ0) is 32.4. The Labute approximate surface area is 270 Å². The van der Waals surface area contributed by atoms with Crippen molar-refractivity contribution in [3.05, 3.63) is 108 Å². The molecule has 2 aromatic heterocycles. The number of aliphatic hydroxyl groups is 1. The van der Waals surface area contributed by atoms with E-state index in [2.05, 4.69) is 21.7 Å². The van der Waals surface area contributed by atoms with Crippen LogP contribution in [0.15, 0.2) is 91.0 Å². The van der Waals surface area contributed by atoms with E-state index in [9.17, 15) is 14.7 Å². The van der Waals surface area contributed by atoms with Crippen LogP contribution in [0.4, 0.5) is 4.79 Å². The Morgan fingerprint density at radius 1 is 0.957 bits per heavy atom. The van der Waals surface area contributed by atoms with Crippen LogP contribution in [0.2, 0.25) is 0 Å². The monoisotopic (exact) mass is 629 g/mol. The highest BCUT2D eigenvalue weighted by atomic mass is 16.7. The van der Waals surface area contributed by atoms with E-state index in [1.807, 2.05) is 77.7 Å². The number of hydrogen-bond acceptors (Lipinski definition) is 6. The van der Waals surface area contributed by atoms with Crippen LogP contribution in [0.1, 0.15) is 48.5 Å². The fraction of sp³-hybridized carbons (Fsp3) is 0.263. The molecule has 6 aromatic rings. The van der Waals surface area contributed by atoms with Crippen molar-refractivity contribution in [1.82, 2.24) is 14.5 Å². The maximum atomic E-state index is 14.3. The van der Waals surface area contributed by atoms with Crippen molar-refractivity contribution >= 4 is 55.7 Å². The fourth-order valence-electron chi connectivity index (χ4n) is 7.03. The highest BCUT2D eigenvalue weighted by molar-refractivity contribution is 6.30. The first-order valence-corrected chi connectivity index (χ1v) is 15.9. The number of H-pyrrole nitrogens is 1. The van der Waals surface area contributed by atoms with Crippen LogP contribution < -0.4 is 0 Å². The van der Waals surface area contributed by atoms with Crippen LogP contribution in [-0.2, 0) is 27.3 Å². The van der Waals surface area contributed by atoms with Gasteiger partial charge in [-0.15, -0.1) is 0 Å². The summed E-state index contributed by atoms with van der Waals surface area (Å²) >= 11 is 0. The summed E-state index contributed by atoms with van der Waals surface area (Å²) in [5.41, 5.74) is 5.67. The minimum Gasteiger partial charge on any atom is -0.431 e. The van der Waals surface area contributed by atoms with E-state index in [1.54, 1.807) is 26.8 Å². The number of aromatic amines is 1. The molecule has 9 heteroatoms. The molecule has 2 N–H and O–H groups in total. The molecule has 238 valence electrons. The molecular weight excluding hydrogens is 594 g/mol. The standard InChI is InChI=1S/C38H35N3O6/c1-38(2,3)47-37(44)45-21-29-28(42)17-18-30(46-29)41-27-16-10-8-14-24(27)31-25-20-40(19-22-11-5-4-6-12-22)36(43)33(25)32-23-13-7-9-15-26(23)39-34(32)35(31)41/h4-18,28-30,39,42H,19-21H2,1-3H3/t28-,29-,30-/m0/s1. The van der Waals surface area contributed by atoms with E-state index >= 15 is 0 Å². The lowest BCUT2D eigenvalue weighted by Crippen LogP contribution is -2.38. The van der Waals surface area contributed by atoms with Crippen LogP contribution in [0.25, 0.3) is 43.6 Å². The van der Waals surface area contributed by atoms with Gasteiger partial charge in [-0.1, -0.05) is 72.8 Å². The Kier molecular flexibility index (Phi) is 6.86. The summed E-state index contributed by atoms with van der Waals surface area (Å²) in [4.78, 5) is 32.2. The Bertz CT molecular complexity index is 2230. The van der Waals surface area contributed by atoms with Gasteiger partial charge < -0.3 is 33.8 Å². The molecule has 0 bridgehead atoms. The van der Waals surface area contributed by atoms with Gasteiger partial charge in [0, 0.05) is 40.2 Å². The fourth-order valence-corrected chi connectivity index (χ4v) is 7.03. The number of ether oxygens (including phenoxy) is 3. The molecule has 3 atom stereocenters. The number of benzene rings is 4. The third kappa shape index (κ3) is 4.94. The number of para-hydroxylation sites is 2. The van der Waals surface area contributed by atoms with Crippen LogP contribution in [0.3, 0.4) is 0 Å². The van der Waals surface area contributed by atoms with Gasteiger partial charge in [-0.3, -0.25) is 4.79 Å². The van der Waals surface area contributed by atoms with Crippen molar-refractivity contribution in [3.8, 4) is 0 Å². The molecule has 9 nitrogen and oxygen atoms in total. The van der Waals surface area contributed by atoms with Gasteiger partial charge >= 0.3 is 6.16 Å². The Balaban J connectivity index is 1.30. The SMILES string of the molecule is CC(C)(C)OC(=O)OC[C@@H]1O[C@H](n2c3ccccc3c3c4c(c5c6ccccc6[nH]c5c32)C(=O)N(Cc2ccccc2)C4)C=C[C@@H]1O. The van der Waals surface area contributed by atoms with E-state index in [4.69, 9.17) is 14.2 Å². The number of carbonyl (C=O) groups is 2. The maximum Gasteiger partial charge on any atom is 0.508 e. The second kappa shape index (κ2) is 11.0. The predicted molar refractivity (Wildman–Crippen MR) is 180 cm³/mol. The Morgan fingerprint density at radius 2 is 1.68 bits per heavy atom. The molecule has 0 saturated heterocycles. The van der Waals surface area contributed by atoms with Crippen molar-refractivity contribution in [2.75, 3.05) is 6.61 Å². The van der Waals surface area contributed by atoms with Crippen molar-refractivity contribution in [1.29, 1.82) is 0 Å². The topological polar surface area (TPSA) is 106 Å². The molecule has 47 heavy (non-hydrogen) atoms. The highest BCUT2D eigenvalue weighted by Gasteiger charge is 2.37. The second-order valence-electron chi connectivity index (χ2n) is 13.2. The predicted octanol–water partition coefficient (Wildman–Crippen LogP) is 7.35. The second-order valence-corrected chi connectivity index (χ2v) is 13.2. The van der Waals surface area contributed by atoms with Crippen molar-refractivity contribution < 1.29 is 28.9 Å². The van der Waals surface area contributed by atoms with Crippen LogP contribution in [-0.4, -0.2) is 56.0 Å². The number of aliphatic hydroxyl groups excluding tert-OH is 1. The van der Waals surface area contributed by atoms with Crippen molar-refractivity contribution in [3.63, 3.8) is 0 Å². The van der Waals surface area contributed by atoms with Crippen molar-refractivity contribution in [2.24, 2.45) is 0 Å². The van der Waals surface area contributed by atoms with Gasteiger partial charge in [0.15, 0.2) is 6.23 Å². The smallest absolute Gasteiger partial charge is 0.431 e. The summed E-state index contributed by atoms with van der Waals surface area (Å²) in [6.45, 7) is 6.07. The lowest BCUT2D eigenvalue weighted by Gasteiger charge is -2.31. The molecular formula is C38H35N3O6. The molecule has 0 spiro atoms. The zero-order valence-electron chi connectivity index (χ0n) is 26.4. The number of hydrogen-bond donors (Lipinski definition) is 2. The Hall–Kier alpha value is -5.12. The van der Waals surface area contributed by atoms with Gasteiger partial charge in [-0.2, -0.15) is 0 Å². The molecule has 4 heterocycles. The highest BCUT2D eigenvalue weighted by Crippen LogP contribution is 2.46. The van der Waals surface area contributed by atoms with Crippen LogP contribution in [0, 0.1) is 0 Å². The van der Waals surface area contributed by atoms with E-state index in [1.165, 1.54) is 0 Å². The summed E-state index contributed by atoms with van der Waals surface area (Å²) < 4.78 is 19.3. The molecule has 8 rings (SSSR count). The molecule has 0 radical (unpaired) electrons. The minimum atomic E-state index is -0.983. The van der Waals surface area contributed by atoms with Gasteiger partial charge in [-0.05, 0) is 50.1 Å². The third-order valence-corrected chi connectivity index (χ3v) is 8.95. The molecule has 1 amide bonds. The van der Waals surface area contributed by atoms with E-state index in [-0.39, 0.29) is 12.5 Å². The van der Waals surface area contributed by atoms with Crippen molar-refractivity contribution in [2.45, 2.75) is 57.9 Å². The lowest BCUT2D eigenvalue weighted by atomic mass is 9.97. The summed E-state index contributed by atoms with van der Waals surface area (Å²) in [5, 5.41) is 14.7. The quantitative estimate of drug-likeness (QED) is 0.153. The largest absolute Gasteiger partial charge is 0.508 e.